The molecule has 0 N–H and O–H groups in total. The van der Waals surface area contributed by atoms with Gasteiger partial charge < -0.3 is 4.90 Å². The summed E-state index contributed by atoms with van der Waals surface area (Å²) in [5.41, 5.74) is 1.53. The smallest absolute Gasteiger partial charge is 0.203 e. The summed E-state index contributed by atoms with van der Waals surface area (Å²) in [5.74, 6) is 0.733. The van der Waals surface area contributed by atoms with Crippen LogP contribution >= 0.6 is 0 Å². The van der Waals surface area contributed by atoms with Crippen molar-refractivity contribution in [3.63, 3.8) is 0 Å². The van der Waals surface area contributed by atoms with Gasteiger partial charge in [0.25, 0.3) is 0 Å². The molecule has 2 aromatic heterocycles. The Labute approximate surface area is 139 Å². The van der Waals surface area contributed by atoms with Gasteiger partial charge in [0.05, 0.1) is 0 Å². The van der Waals surface area contributed by atoms with Crippen LogP contribution in [0.2, 0.25) is 0 Å². The van der Waals surface area contributed by atoms with E-state index in [9.17, 15) is 4.39 Å². The zero-order chi connectivity index (χ0) is 16.4. The van der Waals surface area contributed by atoms with Crippen LogP contribution in [0.1, 0.15) is 12.0 Å². The van der Waals surface area contributed by atoms with Gasteiger partial charge in [-0.2, -0.15) is 0 Å². The van der Waals surface area contributed by atoms with Crippen LogP contribution < -0.4 is 4.90 Å². The first-order valence-corrected chi connectivity index (χ1v) is 8.16. The van der Waals surface area contributed by atoms with Gasteiger partial charge in [-0.3, -0.25) is 9.30 Å². The SMILES string of the molecule is Fc1ccccc1CN1CCCN(c2nccn3cnnc23)CC1. The zero-order valence-electron chi connectivity index (χ0n) is 13.3. The van der Waals surface area contributed by atoms with Crippen LogP contribution in [-0.2, 0) is 6.54 Å². The van der Waals surface area contributed by atoms with Crippen LogP contribution in [0.3, 0.4) is 0 Å². The number of benzene rings is 1. The fourth-order valence-corrected chi connectivity index (χ4v) is 3.18. The van der Waals surface area contributed by atoms with Gasteiger partial charge in [-0.15, -0.1) is 10.2 Å². The number of anilines is 1. The van der Waals surface area contributed by atoms with Crippen molar-refractivity contribution in [2.24, 2.45) is 0 Å². The molecule has 1 fully saturated rings. The largest absolute Gasteiger partial charge is 0.352 e. The molecule has 0 saturated carbocycles. The summed E-state index contributed by atoms with van der Waals surface area (Å²) in [7, 11) is 0. The summed E-state index contributed by atoms with van der Waals surface area (Å²) >= 11 is 0. The van der Waals surface area contributed by atoms with E-state index in [1.54, 1.807) is 18.6 Å². The third-order valence-corrected chi connectivity index (χ3v) is 4.44. The summed E-state index contributed by atoms with van der Waals surface area (Å²) < 4.78 is 15.7. The van der Waals surface area contributed by atoms with Crippen molar-refractivity contribution in [3.8, 4) is 0 Å². The van der Waals surface area contributed by atoms with E-state index in [1.807, 2.05) is 22.7 Å². The van der Waals surface area contributed by atoms with Crippen molar-refractivity contribution in [2.45, 2.75) is 13.0 Å². The molecular weight excluding hydrogens is 307 g/mol. The normalized spacial score (nSPS) is 16.5. The molecule has 0 radical (unpaired) electrons. The molecule has 3 aromatic rings. The van der Waals surface area contributed by atoms with Gasteiger partial charge >= 0.3 is 0 Å². The highest BCUT2D eigenvalue weighted by atomic mass is 19.1. The third kappa shape index (κ3) is 2.94. The van der Waals surface area contributed by atoms with Crippen molar-refractivity contribution >= 4 is 11.5 Å². The van der Waals surface area contributed by atoms with Crippen LogP contribution in [0.5, 0.6) is 0 Å². The lowest BCUT2D eigenvalue weighted by atomic mass is 10.2. The molecule has 24 heavy (non-hydrogen) atoms. The molecule has 0 aliphatic carbocycles. The number of rotatable bonds is 3. The van der Waals surface area contributed by atoms with Crippen LogP contribution in [0.4, 0.5) is 10.2 Å². The van der Waals surface area contributed by atoms with Gasteiger partial charge in [0.2, 0.25) is 5.65 Å². The Morgan fingerprint density at radius 2 is 2.00 bits per heavy atom. The molecule has 1 aliphatic heterocycles. The molecule has 1 aliphatic rings. The highest BCUT2D eigenvalue weighted by molar-refractivity contribution is 5.63. The van der Waals surface area contributed by atoms with Crippen molar-refractivity contribution < 1.29 is 4.39 Å². The maximum Gasteiger partial charge on any atom is 0.203 e. The number of aromatic nitrogens is 4. The number of fused-ring (bicyclic) bond motifs is 1. The third-order valence-electron chi connectivity index (χ3n) is 4.44. The Balaban J connectivity index is 1.48. The second-order valence-corrected chi connectivity index (χ2v) is 6.02. The van der Waals surface area contributed by atoms with E-state index in [0.29, 0.717) is 6.54 Å². The van der Waals surface area contributed by atoms with Gasteiger partial charge in [-0.1, -0.05) is 18.2 Å². The van der Waals surface area contributed by atoms with E-state index in [-0.39, 0.29) is 5.82 Å². The van der Waals surface area contributed by atoms with Crippen LogP contribution in [0.25, 0.3) is 5.65 Å². The number of halogens is 1. The molecule has 0 amide bonds. The summed E-state index contributed by atoms with van der Waals surface area (Å²) in [5, 5.41) is 8.12. The standard InChI is InChI=1S/C17H19FN6/c18-15-5-2-1-4-14(15)12-22-7-3-8-23(11-10-22)16-17-21-20-13-24(17)9-6-19-16/h1-2,4-6,9,13H,3,7-8,10-12H2. The van der Waals surface area contributed by atoms with E-state index in [0.717, 1.165) is 49.6 Å². The lowest BCUT2D eigenvalue weighted by molar-refractivity contribution is 0.281. The van der Waals surface area contributed by atoms with Crippen LogP contribution in [0.15, 0.2) is 43.0 Å². The highest BCUT2D eigenvalue weighted by Gasteiger charge is 2.19. The Bertz CT molecular complexity index is 833. The van der Waals surface area contributed by atoms with Gasteiger partial charge in [-0.25, -0.2) is 9.37 Å². The molecule has 124 valence electrons. The maximum absolute atomic E-state index is 13.9. The van der Waals surface area contributed by atoms with Crippen LogP contribution in [0, 0.1) is 5.82 Å². The summed E-state index contributed by atoms with van der Waals surface area (Å²) in [4.78, 5) is 9.03. The molecule has 0 bridgehead atoms. The van der Waals surface area contributed by atoms with E-state index < -0.39 is 0 Å². The van der Waals surface area contributed by atoms with Crippen molar-refractivity contribution in [1.82, 2.24) is 24.5 Å². The van der Waals surface area contributed by atoms with Crippen molar-refractivity contribution in [1.29, 1.82) is 0 Å². The second-order valence-electron chi connectivity index (χ2n) is 6.02. The average Bonchev–Trinajstić information content (AvgIpc) is 2.97. The zero-order valence-corrected chi connectivity index (χ0v) is 13.3. The Morgan fingerprint density at radius 1 is 1.08 bits per heavy atom. The lowest BCUT2D eigenvalue weighted by Crippen LogP contribution is -2.31. The Hall–Kier alpha value is -2.54. The molecule has 0 atom stereocenters. The second kappa shape index (κ2) is 6.52. The minimum absolute atomic E-state index is 0.131. The fraction of sp³-hybridized carbons (Fsp3) is 0.353. The Morgan fingerprint density at radius 3 is 2.92 bits per heavy atom. The predicted molar refractivity (Wildman–Crippen MR) is 89.3 cm³/mol. The summed E-state index contributed by atoms with van der Waals surface area (Å²) in [6.07, 6.45) is 6.31. The predicted octanol–water partition coefficient (Wildman–Crippen LogP) is 1.98. The summed E-state index contributed by atoms with van der Waals surface area (Å²) in [6, 6.07) is 7.00. The van der Waals surface area contributed by atoms with Crippen molar-refractivity contribution in [2.75, 3.05) is 31.1 Å². The molecule has 0 unspecified atom stereocenters. The molecular formula is C17H19FN6. The number of hydrogen-bond donors (Lipinski definition) is 0. The maximum atomic E-state index is 13.9. The van der Waals surface area contributed by atoms with Gasteiger partial charge in [0.1, 0.15) is 12.1 Å². The molecule has 3 heterocycles. The van der Waals surface area contributed by atoms with Gasteiger partial charge in [-0.05, 0) is 12.5 Å². The molecule has 4 rings (SSSR count). The lowest BCUT2D eigenvalue weighted by Gasteiger charge is -2.22. The highest BCUT2D eigenvalue weighted by Crippen LogP contribution is 2.19. The van der Waals surface area contributed by atoms with E-state index in [2.05, 4.69) is 25.0 Å². The first-order valence-electron chi connectivity index (χ1n) is 8.16. The number of hydrogen-bond acceptors (Lipinski definition) is 5. The van der Waals surface area contributed by atoms with Gasteiger partial charge in [0, 0.05) is 50.7 Å². The Kier molecular flexibility index (Phi) is 4.08. The van der Waals surface area contributed by atoms with Crippen LogP contribution in [-0.4, -0.2) is 50.7 Å². The van der Waals surface area contributed by atoms with E-state index in [1.165, 1.54) is 6.07 Å². The molecule has 6 nitrogen and oxygen atoms in total. The fourth-order valence-electron chi connectivity index (χ4n) is 3.18. The molecule has 0 spiro atoms. The monoisotopic (exact) mass is 326 g/mol. The van der Waals surface area contributed by atoms with E-state index >= 15 is 0 Å². The average molecular weight is 326 g/mol. The van der Waals surface area contributed by atoms with E-state index in [4.69, 9.17) is 0 Å². The quantitative estimate of drug-likeness (QED) is 0.736. The molecule has 7 heteroatoms. The topological polar surface area (TPSA) is 49.6 Å². The minimum atomic E-state index is -0.131. The molecule has 1 aromatic carbocycles. The number of nitrogens with zero attached hydrogens (tertiary/aromatic N) is 6. The first kappa shape index (κ1) is 15.0. The minimum Gasteiger partial charge on any atom is -0.352 e. The first-order chi connectivity index (χ1) is 11.8. The molecule has 1 saturated heterocycles. The summed E-state index contributed by atoms with van der Waals surface area (Å²) in [6.45, 7) is 4.20. The van der Waals surface area contributed by atoms with Gasteiger partial charge in [0.15, 0.2) is 5.82 Å². The van der Waals surface area contributed by atoms with Crippen molar-refractivity contribution in [3.05, 3.63) is 54.4 Å².